The van der Waals surface area contributed by atoms with Crippen LogP contribution < -0.4 is 0 Å². The Morgan fingerprint density at radius 2 is 1.86 bits per heavy atom. The number of allylic oxidation sites excluding steroid dienone is 1. The molecular formula is C10H11ClO2S. The van der Waals surface area contributed by atoms with Crippen molar-refractivity contribution in [2.75, 3.05) is 5.75 Å². The van der Waals surface area contributed by atoms with Crippen LogP contribution in [0.15, 0.2) is 36.4 Å². The van der Waals surface area contributed by atoms with Gasteiger partial charge >= 0.3 is 0 Å². The zero-order valence-corrected chi connectivity index (χ0v) is 9.13. The van der Waals surface area contributed by atoms with E-state index in [4.69, 9.17) is 10.7 Å². The molecule has 0 saturated carbocycles. The minimum atomic E-state index is -3.36. The largest absolute Gasteiger partial charge is 0.232 e. The Bertz CT molecular complexity index is 395. The van der Waals surface area contributed by atoms with Crippen molar-refractivity contribution >= 4 is 25.8 Å². The summed E-state index contributed by atoms with van der Waals surface area (Å²) in [5.74, 6) is -0.0160. The molecule has 2 nitrogen and oxygen atoms in total. The predicted molar refractivity (Wildman–Crippen MR) is 59.7 cm³/mol. The lowest BCUT2D eigenvalue weighted by atomic mass is 10.2. The maximum absolute atomic E-state index is 10.6. The highest BCUT2D eigenvalue weighted by atomic mass is 35.7. The molecule has 0 atom stereocenters. The zero-order chi connectivity index (χ0) is 10.4. The van der Waals surface area contributed by atoms with E-state index in [9.17, 15) is 8.42 Å². The second kappa shape index (κ2) is 5.17. The zero-order valence-electron chi connectivity index (χ0n) is 7.56. The Morgan fingerprint density at radius 3 is 2.43 bits per heavy atom. The van der Waals surface area contributed by atoms with Gasteiger partial charge in [0, 0.05) is 10.7 Å². The van der Waals surface area contributed by atoms with Gasteiger partial charge in [0.1, 0.15) is 0 Å². The Balaban J connectivity index is 2.43. The van der Waals surface area contributed by atoms with E-state index in [0.29, 0.717) is 6.42 Å². The number of hydrogen-bond donors (Lipinski definition) is 0. The molecule has 0 aliphatic rings. The van der Waals surface area contributed by atoms with Crippen LogP contribution in [-0.2, 0) is 9.05 Å². The second-order valence-corrected chi connectivity index (χ2v) is 5.74. The Kier molecular flexibility index (Phi) is 4.17. The van der Waals surface area contributed by atoms with Crippen molar-refractivity contribution < 1.29 is 8.42 Å². The Hall–Kier alpha value is -0.800. The quantitative estimate of drug-likeness (QED) is 0.746. The molecule has 0 bridgehead atoms. The van der Waals surface area contributed by atoms with Crippen molar-refractivity contribution in [1.82, 2.24) is 0 Å². The molecule has 0 aliphatic heterocycles. The summed E-state index contributed by atoms with van der Waals surface area (Å²) in [6.07, 6.45) is 4.12. The highest BCUT2D eigenvalue weighted by molar-refractivity contribution is 8.13. The summed E-state index contributed by atoms with van der Waals surface area (Å²) < 4.78 is 21.1. The predicted octanol–water partition coefficient (Wildman–Crippen LogP) is 2.66. The molecule has 0 amide bonds. The minimum absolute atomic E-state index is 0.0160. The highest BCUT2D eigenvalue weighted by Crippen LogP contribution is 2.04. The van der Waals surface area contributed by atoms with Crippen molar-refractivity contribution in [3.8, 4) is 0 Å². The molecule has 76 valence electrons. The van der Waals surface area contributed by atoms with Gasteiger partial charge < -0.3 is 0 Å². The molecule has 0 aromatic heterocycles. The van der Waals surface area contributed by atoms with E-state index in [1.165, 1.54) is 0 Å². The fourth-order valence-electron chi connectivity index (χ4n) is 0.992. The molecule has 0 saturated heterocycles. The molecule has 0 fully saturated rings. The van der Waals surface area contributed by atoms with Crippen molar-refractivity contribution in [3.63, 3.8) is 0 Å². The number of benzene rings is 1. The molecule has 0 heterocycles. The van der Waals surface area contributed by atoms with Crippen LogP contribution in [0, 0.1) is 0 Å². The van der Waals surface area contributed by atoms with E-state index < -0.39 is 9.05 Å². The maximum atomic E-state index is 10.6. The topological polar surface area (TPSA) is 34.1 Å². The molecular weight excluding hydrogens is 220 g/mol. The van der Waals surface area contributed by atoms with Crippen molar-refractivity contribution in [1.29, 1.82) is 0 Å². The van der Waals surface area contributed by atoms with E-state index in [-0.39, 0.29) is 5.75 Å². The van der Waals surface area contributed by atoms with Gasteiger partial charge in [-0.25, -0.2) is 8.42 Å². The number of hydrogen-bond acceptors (Lipinski definition) is 2. The van der Waals surface area contributed by atoms with Gasteiger partial charge in [-0.15, -0.1) is 0 Å². The van der Waals surface area contributed by atoms with Gasteiger partial charge in [-0.2, -0.15) is 0 Å². The summed E-state index contributed by atoms with van der Waals surface area (Å²) in [5.41, 5.74) is 1.06. The third kappa shape index (κ3) is 5.04. The Labute approximate surface area is 88.6 Å². The molecule has 14 heavy (non-hydrogen) atoms. The summed E-state index contributed by atoms with van der Waals surface area (Å²) in [5, 5.41) is 0. The summed E-state index contributed by atoms with van der Waals surface area (Å²) in [4.78, 5) is 0. The van der Waals surface area contributed by atoms with E-state index in [1.54, 1.807) is 6.08 Å². The SMILES string of the molecule is O=S(=O)(Cl)CC/C=C/c1ccccc1. The molecule has 0 spiro atoms. The fourth-order valence-corrected chi connectivity index (χ4v) is 1.68. The van der Waals surface area contributed by atoms with E-state index in [1.807, 2.05) is 36.4 Å². The van der Waals surface area contributed by atoms with Crippen LogP contribution in [0.2, 0.25) is 0 Å². The van der Waals surface area contributed by atoms with Gasteiger partial charge in [-0.05, 0) is 12.0 Å². The molecule has 0 unspecified atom stereocenters. The molecule has 1 rings (SSSR count). The Morgan fingerprint density at radius 1 is 1.21 bits per heavy atom. The normalized spacial score (nSPS) is 12.1. The summed E-state index contributed by atoms with van der Waals surface area (Å²) >= 11 is 0. The summed E-state index contributed by atoms with van der Waals surface area (Å²) in [6, 6.07) is 9.69. The summed E-state index contributed by atoms with van der Waals surface area (Å²) in [7, 11) is 1.70. The molecule has 0 radical (unpaired) electrons. The third-order valence-electron chi connectivity index (χ3n) is 1.64. The molecule has 0 N–H and O–H groups in total. The van der Waals surface area contributed by atoms with E-state index in [2.05, 4.69) is 0 Å². The first kappa shape index (κ1) is 11.3. The van der Waals surface area contributed by atoms with E-state index >= 15 is 0 Å². The van der Waals surface area contributed by atoms with Crippen molar-refractivity contribution in [2.45, 2.75) is 6.42 Å². The van der Waals surface area contributed by atoms with Crippen molar-refractivity contribution in [2.24, 2.45) is 0 Å². The lowest BCUT2D eigenvalue weighted by molar-refractivity contribution is 0.609. The molecule has 1 aromatic rings. The van der Waals surface area contributed by atoms with Gasteiger partial charge in [-0.1, -0.05) is 42.5 Å². The average molecular weight is 231 g/mol. The van der Waals surface area contributed by atoms with Crippen LogP contribution in [0.3, 0.4) is 0 Å². The van der Waals surface area contributed by atoms with Gasteiger partial charge in [-0.3, -0.25) is 0 Å². The number of rotatable bonds is 4. The highest BCUT2D eigenvalue weighted by Gasteiger charge is 2.01. The van der Waals surface area contributed by atoms with Crippen LogP contribution >= 0.6 is 10.7 Å². The number of halogens is 1. The first-order chi connectivity index (χ1) is 6.58. The standard InChI is InChI=1S/C10H11ClO2S/c11-14(12,13)9-5-4-8-10-6-2-1-3-7-10/h1-4,6-8H,5,9H2/b8-4+. The average Bonchev–Trinajstić information content (AvgIpc) is 2.13. The lowest BCUT2D eigenvalue weighted by Gasteiger charge is -1.91. The minimum Gasteiger partial charge on any atom is -0.212 e. The van der Waals surface area contributed by atoms with Gasteiger partial charge in [0.2, 0.25) is 9.05 Å². The molecule has 1 aromatic carbocycles. The van der Waals surface area contributed by atoms with Crippen molar-refractivity contribution in [3.05, 3.63) is 42.0 Å². The van der Waals surface area contributed by atoms with Crippen LogP contribution in [-0.4, -0.2) is 14.2 Å². The lowest BCUT2D eigenvalue weighted by Crippen LogP contribution is -1.94. The second-order valence-electron chi connectivity index (χ2n) is 2.84. The summed E-state index contributed by atoms with van der Waals surface area (Å²) in [6.45, 7) is 0. The van der Waals surface area contributed by atoms with Crippen LogP contribution in [0.4, 0.5) is 0 Å². The third-order valence-corrected chi connectivity index (χ3v) is 2.82. The van der Waals surface area contributed by atoms with E-state index in [0.717, 1.165) is 5.56 Å². The van der Waals surface area contributed by atoms with Gasteiger partial charge in [0.25, 0.3) is 0 Å². The van der Waals surface area contributed by atoms with Crippen LogP contribution in [0.1, 0.15) is 12.0 Å². The maximum Gasteiger partial charge on any atom is 0.232 e. The fraction of sp³-hybridized carbons (Fsp3) is 0.200. The first-order valence-electron chi connectivity index (χ1n) is 4.22. The smallest absolute Gasteiger partial charge is 0.212 e. The van der Waals surface area contributed by atoms with Crippen LogP contribution in [0.5, 0.6) is 0 Å². The van der Waals surface area contributed by atoms with Crippen LogP contribution in [0.25, 0.3) is 6.08 Å². The van der Waals surface area contributed by atoms with Gasteiger partial charge in [0.05, 0.1) is 5.75 Å². The monoisotopic (exact) mass is 230 g/mol. The molecule has 4 heteroatoms. The molecule has 0 aliphatic carbocycles. The first-order valence-corrected chi connectivity index (χ1v) is 6.70. The van der Waals surface area contributed by atoms with Gasteiger partial charge in [0.15, 0.2) is 0 Å².